The summed E-state index contributed by atoms with van der Waals surface area (Å²) in [6.45, 7) is 0. The minimum absolute atomic E-state index is 0. The van der Waals surface area contributed by atoms with Gasteiger partial charge in [0, 0.05) is 0 Å². The quantitative estimate of drug-likeness (QED) is 0.485. The highest BCUT2D eigenvalue weighted by Crippen LogP contribution is 1.78. The molecule has 1 nitrogen and oxygen atoms in total. The van der Waals surface area contributed by atoms with Crippen molar-refractivity contribution in [1.29, 1.82) is 0 Å². The third-order valence-corrected chi connectivity index (χ3v) is 0.379. The van der Waals surface area contributed by atoms with Crippen LogP contribution in [0.2, 0.25) is 0 Å². The van der Waals surface area contributed by atoms with E-state index in [2.05, 4.69) is 10.7 Å². The van der Waals surface area contributed by atoms with Gasteiger partial charge in [-0.15, -0.1) is 12.4 Å². The minimum atomic E-state index is 0. The van der Waals surface area contributed by atoms with Crippen molar-refractivity contribution in [1.82, 2.24) is 0 Å². The van der Waals surface area contributed by atoms with Crippen molar-refractivity contribution >= 4 is 12.4 Å². The van der Waals surface area contributed by atoms with Crippen molar-refractivity contribution < 1.29 is 4.42 Å². The Morgan fingerprint density at radius 3 is 2.50 bits per heavy atom. The molecule has 1 heterocycles. The summed E-state index contributed by atoms with van der Waals surface area (Å²) in [5.74, 6) is 0. The normalized spacial score (nSPS) is 6.67. The van der Waals surface area contributed by atoms with E-state index < -0.39 is 0 Å². The molecular formula is C4H4ClO. The fourth-order valence-corrected chi connectivity index (χ4v) is 0.196. The maximum absolute atomic E-state index is 4.46. The molecule has 0 N–H and O–H groups in total. The largest absolute Gasteiger partial charge is 0.461 e. The van der Waals surface area contributed by atoms with Crippen molar-refractivity contribution in [2.75, 3.05) is 0 Å². The Bertz CT molecular complexity index is 64.0. The molecule has 0 unspecified atom stereocenters. The molecule has 0 aliphatic rings. The molecule has 0 saturated carbocycles. The zero-order valence-electron chi connectivity index (χ0n) is 3.05. The summed E-state index contributed by atoms with van der Waals surface area (Å²) in [6.07, 6.45) is 4.06. The van der Waals surface area contributed by atoms with Gasteiger partial charge in [0.1, 0.15) is 0 Å². The van der Waals surface area contributed by atoms with Gasteiger partial charge in [-0.25, -0.2) is 0 Å². The highest BCUT2D eigenvalue weighted by atomic mass is 35.5. The van der Waals surface area contributed by atoms with Gasteiger partial charge in [0.2, 0.25) is 0 Å². The number of furan rings is 1. The summed E-state index contributed by atoms with van der Waals surface area (Å²) in [5.41, 5.74) is 0. The van der Waals surface area contributed by atoms with Crippen LogP contribution in [0.1, 0.15) is 0 Å². The van der Waals surface area contributed by atoms with E-state index in [1.54, 1.807) is 18.4 Å². The van der Waals surface area contributed by atoms with Crippen LogP contribution in [0, 0.1) is 6.26 Å². The molecule has 0 spiro atoms. The standard InChI is InChI=1S/C4H3O.ClH/c1-2-4-5-3-1;/h1-3H;1H. The molecule has 2 heteroatoms. The van der Waals surface area contributed by atoms with E-state index in [0.717, 1.165) is 0 Å². The molecule has 0 saturated heterocycles. The van der Waals surface area contributed by atoms with Gasteiger partial charge in [-0.2, -0.15) is 0 Å². The van der Waals surface area contributed by atoms with Gasteiger partial charge < -0.3 is 4.42 Å². The second-order valence-electron chi connectivity index (χ2n) is 0.731. The van der Waals surface area contributed by atoms with E-state index >= 15 is 0 Å². The Labute approximate surface area is 42.4 Å². The van der Waals surface area contributed by atoms with Gasteiger partial charge in [0.05, 0.1) is 6.26 Å². The molecule has 33 valence electrons. The van der Waals surface area contributed by atoms with Crippen LogP contribution < -0.4 is 0 Å². The molecular weight excluding hydrogens is 99.5 g/mol. The van der Waals surface area contributed by atoms with Gasteiger partial charge in [-0.05, 0) is 12.1 Å². The zero-order valence-corrected chi connectivity index (χ0v) is 3.87. The summed E-state index contributed by atoms with van der Waals surface area (Å²) in [7, 11) is 0. The first-order valence-corrected chi connectivity index (χ1v) is 1.40. The predicted molar refractivity (Wildman–Crippen MR) is 24.8 cm³/mol. The Balaban J connectivity index is 0.000000250. The summed E-state index contributed by atoms with van der Waals surface area (Å²) in [6, 6.07) is 3.49. The van der Waals surface area contributed by atoms with E-state index in [-0.39, 0.29) is 12.4 Å². The van der Waals surface area contributed by atoms with Crippen LogP contribution in [0.5, 0.6) is 0 Å². The topological polar surface area (TPSA) is 13.1 Å². The van der Waals surface area contributed by atoms with E-state index in [9.17, 15) is 0 Å². The van der Waals surface area contributed by atoms with Gasteiger partial charge in [-0.1, -0.05) is 0 Å². The number of halogens is 1. The van der Waals surface area contributed by atoms with Gasteiger partial charge >= 0.3 is 0 Å². The molecule has 6 heavy (non-hydrogen) atoms. The molecule has 0 atom stereocenters. The van der Waals surface area contributed by atoms with Crippen molar-refractivity contribution in [2.45, 2.75) is 0 Å². The Morgan fingerprint density at radius 1 is 1.50 bits per heavy atom. The molecule has 1 aromatic rings. The van der Waals surface area contributed by atoms with Crippen LogP contribution in [0.15, 0.2) is 22.8 Å². The predicted octanol–water partition coefficient (Wildman–Crippen LogP) is 1.50. The van der Waals surface area contributed by atoms with Crippen LogP contribution in [0.4, 0.5) is 0 Å². The molecule has 0 aliphatic heterocycles. The molecule has 0 fully saturated rings. The van der Waals surface area contributed by atoms with E-state index in [4.69, 9.17) is 0 Å². The summed E-state index contributed by atoms with van der Waals surface area (Å²) >= 11 is 0. The lowest BCUT2D eigenvalue weighted by atomic mass is 10.7. The van der Waals surface area contributed by atoms with Crippen LogP contribution in [0.25, 0.3) is 0 Å². The number of rotatable bonds is 0. The molecule has 0 aromatic carbocycles. The van der Waals surface area contributed by atoms with Crippen LogP contribution >= 0.6 is 12.4 Å². The maximum atomic E-state index is 4.46. The molecule has 1 rings (SSSR count). The Kier molecular flexibility index (Phi) is 2.59. The van der Waals surface area contributed by atoms with E-state index in [1.807, 2.05) is 0 Å². The smallest absolute Gasteiger partial charge is 0.169 e. The van der Waals surface area contributed by atoms with E-state index in [0.29, 0.717) is 0 Å². The fraction of sp³-hybridized carbons (Fsp3) is 0. The zero-order chi connectivity index (χ0) is 3.54. The lowest BCUT2D eigenvalue weighted by Crippen LogP contribution is -1.19. The highest BCUT2D eigenvalue weighted by molar-refractivity contribution is 5.85. The molecule has 1 aromatic heterocycles. The first-order chi connectivity index (χ1) is 2.50. The molecule has 0 amide bonds. The average molecular weight is 104 g/mol. The van der Waals surface area contributed by atoms with Gasteiger partial charge in [0.15, 0.2) is 6.26 Å². The third-order valence-electron chi connectivity index (χ3n) is 0.379. The Morgan fingerprint density at radius 2 is 2.33 bits per heavy atom. The molecule has 1 radical (unpaired) electrons. The first kappa shape index (κ1) is 5.57. The lowest BCUT2D eigenvalue weighted by Gasteiger charge is -1.48. The van der Waals surface area contributed by atoms with Crippen LogP contribution in [-0.4, -0.2) is 0 Å². The first-order valence-electron chi connectivity index (χ1n) is 1.40. The monoisotopic (exact) mass is 103 g/mol. The maximum Gasteiger partial charge on any atom is 0.169 e. The van der Waals surface area contributed by atoms with Gasteiger partial charge in [0.25, 0.3) is 0 Å². The van der Waals surface area contributed by atoms with Gasteiger partial charge in [-0.3, -0.25) is 0 Å². The summed E-state index contributed by atoms with van der Waals surface area (Å²) < 4.78 is 4.46. The lowest BCUT2D eigenvalue weighted by molar-refractivity contribution is 0.558. The summed E-state index contributed by atoms with van der Waals surface area (Å²) in [4.78, 5) is 0. The fourth-order valence-electron chi connectivity index (χ4n) is 0.196. The second-order valence-corrected chi connectivity index (χ2v) is 0.731. The van der Waals surface area contributed by atoms with E-state index in [1.165, 1.54) is 0 Å². The van der Waals surface area contributed by atoms with Crippen LogP contribution in [-0.2, 0) is 0 Å². The van der Waals surface area contributed by atoms with Crippen LogP contribution in [0.3, 0.4) is 0 Å². The third kappa shape index (κ3) is 1.13. The van der Waals surface area contributed by atoms with Crippen molar-refractivity contribution in [3.8, 4) is 0 Å². The number of hydrogen-bond donors (Lipinski definition) is 0. The average Bonchev–Trinajstić information content (AvgIpc) is 1.76. The Hall–Kier alpha value is -0.430. The highest BCUT2D eigenvalue weighted by Gasteiger charge is 1.61. The second kappa shape index (κ2) is 2.79. The van der Waals surface area contributed by atoms with Crippen molar-refractivity contribution in [2.24, 2.45) is 0 Å². The van der Waals surface area contributed by atoms with Crippen molar-refractivity contribution in [3.63, 3.8) is 0 Å². The van der Waals surface area contributed by atoms with Crippen molar-refractivity contribution in [3.05, 3.63) is 24.7 Å². The number of hydrogen-bond acceptors (Lipinski definition) is 1. The molecule has 0 aliphatic carbocycles. The SMILES string of the molecule is Cl.[c]1ccco1. The molecule has 0 bridgehead atoms. The minimum Gasteiger partial charge on any atom is -0.461 e. The summed E-state index contributed by atoms with van der Waals surface area (Å²) in [5, 5.41) is 0.